The highest BCUT2D eigenvalue weighted by atomic mass is 16.7. The van der Waals surface area contributed by atoms with E-state index >= 15 is 0 Å². The zero-order valence-corrected chi connectivity index (χ0v) is 16.0. The number of unbranched alkanes of at least 4 members (excludes halogenated alkanes) is 10. The lowest BCUT2D eigenvalue weighted by Gasteiger charge is -2.29. The summed E-state index contributed by atoms with van der Waals surface area (Å²) in [5, 5.41) is 9.20. The topological polar surface area (TPSA) is 47.9 Å². The van der Waals surface area contributed by atoms with E-state index in [2.05, 4.69) is 6.92 Å². The van der Waals surface area contributed by atoms with Crippen LogP contribution in [-0.4, -0.2) is 43.4 Å². The van der Waals surface area contributed by atoms with Gasteiger partial charge < -0.3 is 19.3 Å². The van der Waals surface area contributed by atoms with Crippen molar-refractivity contribution in [2.24, 2.45) is 0 Å². The van der Waals surface area contributed by atoms with E-state index < -0.39 is 6.10 Å². The van der Waals surface area contributed by atoms with Crippen LogP contribution in [0.4, 0.5) is 0 Å². The van der Waals surface area contributed by atoms with Crippen molar-refractivity contribution < 1.29 is 19.3 Å². The first kappa shape index (κ1) is 21.9. The summed E-state index contributed by atoms with van der Waals surface area (Å²) in [4.78, 5) is 0. The molecule has 0 amide bonds. The first-order valence-electron chi connectivity index (χ1n) is 10.2. The molecule has 1 N–H and O–H groups in total. The Hall–Kier alpha value is -0.160. The first-order chi connectivity index (χ1) is 11.7. The molecule has 1 atom stereocenters. The minimum atomic E-state index is -0.431. The van der Waals surface area contributed by atoms with Crippen LogP contribution < -0.4 is 0 Å². The van der Waals surface area contributed by atoms with Gasteiger partial charge in [-0.15, -0.1) is 0 Å². The van der Waals surface area contributed by atoms with E-state index in [1.807, 2.05) is 0 Å². The molecule has 1 saturated heterocycles. The maximum absolute atomic E-state index is 9.20. The molecule has 24 heavy (non-hydrogen) atoms. The number of aliphatic hydroxyl groups is 1. The number of ether oxygens (including phenoxy) is 3. The van der Waals surface area contributed by atoms with Gasteiger partial charge in [-0.25, -0.2) is 0 Å². The van der Waals surface area contributed by atoms with Crippen LogP contribution in [0, 0.1) is 0 Å². The summed E-state index contributed by atoms with van der Waals surface area (Å²) in [6, 6.07) is 0. The van der Waals surface area contributed by atoms with Crippen LogP contribution in [0.1, 0.15) is 90.9 Å². The fourth-order valence-corrected chi connectivity index (χ4v) is 3.04. The molecule has 0 aliphatic carbocycles. The van der Waals surface area contributed by atoms with Gasteiger partial charge in [-0.3, -0.25) is 0 Å². The Morgan fingerprint density at radius 2 is 1.38 bits per heavy atom. The molecule has 1 heterocycles. The van der Waals surface area contributed by atoms with Gasteiger partial charge in [-0.05, 0) is 19.8 Å². The van der Waals surface area contributed by atoms with Crippen molar-refractivity contribution in [3.8, 4) is 0 Å². The molecule has 1 aliphatic heterocycles. The number of hydrogen-bond acceptors (Lipinski definition) is 4. The van der Waals surface area contributed by atoms with Gasteiger partial charge >= 0.3 is 0 Å². The molecule has 0 aromatic rings. The van der Waals surface area contributed by atoms with Crippen LogP contribution in [0.25, 0.3) is 0 Å². The minimum Gasteiger partial charge on any atom is -0.391 e. The number of hydrogen-bond donors (Lipinski definition) is 1. The van der Waals surface area contributed by atoms with E-state index in [9.17, 15) is 5.11 Å². The Balaban J connectivity index is 1.82. The summed E-state index contributed by atoms with van der Waals surface area (Å²) >= 11 is 0. The highest BCUT2D eigenvalue weighted by molar-refractivity contribution is 4.63. The second kappa shape index (κ2) is 15.1. The number of aliphatic hydroxyl groups excluding tert-OH is 1. The lowest BCUT2D eigenvalue weighted by Crippen LogP contribution is -2.38. The van der Waals surface area contributed by atoms with Gasteiger partial charge in [-0.1, -0.05) is 71.1 Å². The molecule has 4 nitrogen and oxygen atoms in total. The Morgan fingerprint density at radius 3 is 1.88 bits per heavy atom. The average molecular weight is 345 g/mol. The van der Waals surface area contributed by atoms with Crippen molar-refractivity contribution in [3.05, 3.63) is 0 Å². The van der Waals surface area contributed by atoms with Crippen molar-refractivity contribution >= 4 is 0 Å². The van der Waals surface area contributed by atoms with E-state index in [0.717, 1.165) is 6.42 Å². The Kier molecular flexibility index (Phi) is 13.8. The monoisotopic (exact) mass is 344 g/mol. The van der Waals surface area contributed by atoms with Crippen LogP contribution in [0.2, 0.25) is 0 Å². The lowest BCUT2D eigenvalue weighted by atomic mass is 10.1. The highest BCUT2D eigenvalue weighted by Crippen LogP contribution is 2.16. The third kappa shape index (κ3) is 12.2. The normalized spacial score (nSPS) is 22.6. The molecular formula is C20H40O4. The molecule has 1 unspecified atom stereocenters. The zero-order chi connectivity index (χ0) is 17.5. The second-order valence-corrected chi connectivity index (χ2v) is 7.22. The molecular weight excluding hydrogens is 304 g/mol. The molecule has 1 fully saturated rings. The van der Waals surface area contributed by atoms with E-state index in [1.165, 1.54) is 70.6 Å². The van der Waals surface area contributed by atoms with E-state index in [1.54, 1.807) is 6.92 Å². The van der Waals surface area contributed by atoms with Crippen molar-refractivity contribution in [1.29, 1.82) is 0 Å². The van der Waals surface area contributed by atoms with Gasteiger partial charge in [0.2, 0.25) is 0 Å². The Bertz CT molecular complexity index is 262. The Labute approximate surface area is 149 Å². The molecule has 144 valence electrons. The summed E-state index contributed by atoms with van der Waals surface area (Å²) in [6.45, 7) is 5.50. The highest BCUT2D eigenvalue weighted by Gasteiger charge is 2.22. The van der Waals surface area contributed by atoms with Crippen LogP contribution >= 0.6 is 0 Å². The molecule has 0 saturated carbocycles. The molecule has 0 aromatic heterocycles. The molecule has 0 bridgehead atoms. The second-order valence-electron chi connectivity index (χ2n) is 7.22. The van der Waals surface area contributed by atoms with Gasteiger partial charge in [0.1, 0.15) is 6.10 Å². The van der Waals surface area contributed by atoms with Crippen LogP contribution in [0.5, 0.6) is 0 Å². The number of rotatable bonds is 15. The standard InChI is InChI=1S/C20H40O4/c1-3-4-5-6-7-8-9-10-11-12-13-14-20-23-16-19(17-24-20)22-15-18(2)21/h18-21H,3-17H2,1-2H3. The minimum absolute atomic E-state index is 0.0341. The molecule has 4 heteroatoms. The van der Waals surface area contributed by atoms with Gasteiger partial charge in [0.05, 0.1) is 25.9 Å². The molecule has 0 aromatic carbocycles. The Morgan fingerprint density at radius 1 is 0.875 bits per heavy atom. The third-order valence-corrected chi connectivity index (χ3v) is 4.55. The van der Waals surface area contributed by atoms with Crippen molar-refractivity contribution in [1.82, 2.24) is 0 Å². The van der Waals surface area contributed by atoms with Crippen LogP contribution in [0.3, 0.4) is 0 Å². The maximum atomic E-state index is 9.20. The summed E-state index contributed by atoms with van der Waals surface area (Å²) in [6.07, 6.45) is 15.4. The maximum Gasteiger partial charge on any atom is 0.157 e. The smallest absolute Gasteiger partial charge is 0.157 e. The lowest BCUT2D eigenvalue weighted by molar-refractivity contribution is -0.231. The molecule has 1 rings (SSSR count). The van der Waals surface area contributed by atoms with Gasteiger partial charge in [0.25, 0.3) is 0 Å². The summed E-state index contributed by atoms with van der Waals surface area (Å²) in [5.41, 5.74) is 0. The van der Waals surface area contributed by atoms with Crippen molar-refractivity contribution in [2.45, 2.75) is 109 Å². The zero-order valence-electron chi connectivity index (χ0n) is 16.0. The van der Waals surface area contributed by atoms with Gasteiger partial charge in [0.15, 0.2) is 6.29 Å². The fourth-order valence-electron chi connectivity index (χ4n) is 3.04. The summed E-state index contributed by atoms with van der Waals surface area (Å²) < 4.78 is 16.9. The average Bonchev–Trinajstić information content (AvgIpc) is 2.59. The summed E-state index contributed by atoms with van der Waals surface area (Å²) in [7, 11) is 0. The van der Waals surface area contributed by atoms with E-state index in [0.29, 0.717) is 19.8 Å². The fraction of sp³-hybridized carbons (Fsp3) is 1.00. The largest absolute Gasteiger partial charge is 0.391 e. The van der Waals surface area contributed by atoms with Gasteiger partial charge in [0, 0.05) is 0 Å². The molecule has 0 spiro atoms. The van der Waals surface area contributed by atoms with Crippen LogP contribution in [-0.2, 0) is 14.2 Å². The predicted molar refractivity (Wildman–Crippen MR) is 98.2 cm³/mol. The SMILES string of the molecule is CCCCCCCCCCCCCC1OCC(OCC(C)O)CO1. The predicted octanol–water partition coefficient (Wildman–Crippen LogP) is 4.83. The summed E-state index contributed by atoms with van der Waals surface area (Å²) in [5.74, 6) is 0. The van der Waals surface area contributed by atoms with Crippen molar-refractivity contribution in [2.75, 3.05) is 19.8 Å². The van der Waals surface area contributed by atoms with Gasteiger partial charge in [-0.2, -0.15) is 0 Å². The third-order valence-electron chi connectivity index (χ3n) is 4.55. The van der Waals surface area contributed by atoms with E-state index in [4.69, 9.17) is 14.2 Å². The van der Waals surface area contributed by atoms with Crippen LogP contribution in [0.15, 0.2) is 0 Å². The first-order valence-corrected chi connectivity index (χ1v) is 10.2. The van der Waals surface area contributed by atoms with Crippen molar-refractivity contribution in [3.63, 3.8) is 0 Å². The van der Waals surface area contributed by atoms with E-state index in [-0.39, 0.29) is 12.4 Å². The quantitative estimate of drug-likeness (QED) is 0.432. The molecule has 0 radical (unpaired) electrons. The molecule has 1 aliphatic rings.